The normalized spacial score (nSPS) is 27.9. The summed E-state index contributed by atoms with van der Waals surface area (Å²) in [5.74, 6) is 0.584. The average Bonchev–Trinajstić information content (AvgIpc) is 2.48. The van der Waals surface area contributed by atoms with Crippen molar-refractivity contribution >= 4 is 6.09 Å². The summed E-state index contributed by atoms with van der Waals surface area (Å²) in [6, 6.07) is 1.08. The lowest BCUT2D eigenvalue weighted by atomic mass is 9.94. The van der Waals surface area contributed by atoms with Gasteiger partial charge in [0.05, 0.1) is 12.7 Å². The molecule has 1 N–H and O–H groups in total. The number of hydrogen-bond donors (Lipinski definition) is 1. The smallest absolute Gasteiger partial charge is 0.409 e. The fourth-order valence-corrected chi connectivity index (χ4v) is 3.22. The van der Waals surface area contributed by atoms with Gasteiger partial charge in [-0.05, 0) is 38.5 Å². The van der Waals surface area contributed by atoms with Crippen LogP contribution in [0.25, 0.3) is 0 Å². The third kappa shape index (κ3) is 4.85. The first kappa shape index (κ1) is 16.6. The number of rotatable bonds is 4. The summed E-state index contributed by atoms with van der Waals surface area (Å²) in [4.78, 5) is 13.5. The third-order valence-electron chi connectivity index (χ3n) is 4.55. The molecule has 0 aromatic rings. The van der Waals surface area contributed by atoms with Gasteiger partial charge in [0.2, 0.25) is 0 Å². The summed E-state index contributed by atoms with van der Waals surface area (Å²) < 4.78 is 10.9. The van der Waals surface area contributed by atoms with E-state index < -0.39 is 0 Å². The lowest BCUT2D eigenvalue weighted by Crippen LogP contribution is -2.50. The molecule has 2 heterocycles. The van der Waals surface area contributed by atoms with E-state index in [1.165, 1.54) is 0 Å². The molecular weight excluding hydrogens is 268 g/mol. The first-order valence-corrected chi connectivity index (χ1v) is 8.39. The fraction of sp³-hybridized carbons (Fsp3) is 0.938. The number of hydrogen-bond acceptors (Lipinski definition) is 4. The predicted molar refractivity (Wildman–Crippen MR) is 82.4 cm³/mol. The Morgan fingerprint density at radius 2 is 2.00 bits per heavy atom. The number of carbonyl (C=O) groups is 1. The van der Waals surface area contributed by atoms with E-state index in [-0.39, 0.29) is 6.09 Å². The highest BCUT2D eigenvalue weighted by Crippen LogP contribution is 2.22. The van der Waals surface area contributed by atoms with Crippen LogP contribution in [0.15, 0.2) is 0 Å². The van der Waals surface area contributed by atoms with Crippen LogP contribution in [0.3, 0.4) is 0 Å². The molecule has 2 unspecified atom stereocenters. The number of ether oxygens (including phenoxy) is 2. The van der Waals surface area contributed by atoms with Crippen molar-refractivity contribution in [2.45, 2.75) is 64.6 Å². The van der Waals surface area contributed by atoms with E-state index >= 15 is 0 Å². The van der Waals surface area contributed by atoms with Crippen molar-refractivity contribution in [3.8, 4) is 0 Å². The minimum absolute atomic E-state index is 0.165. The molecule has 2 aliphatic heterocycles. The van der Waals surface area contributed by atoms with Crippen LogP contribution in [0.5, 0.6) is 0 Å². The predicted octanol–water partition coefficient (Wildman–Crippen LogP) is 2.40. The van der Waals surface area contributed by atoms with Gasteiger partial charge in [-0.2, -0.15) is 0 Å². The molecule has 2 saturated heterocycles. The highest BCUT2D eigenvalue weighted by Gasteiger charge is 2.29. The number of likely N-dealkylation sites (tertiary alicyclic amines) is 1. The molecule has 0 radical (unpaired) electrons. The molecule has 0 aliphatic carbocycles. The van der Waals surface area contributed by atoms with E-state index in [2.05, 4.69) is 19.2 Å². The van der Waals surface area contributed by atoms with Crippen molar-refractivity contribution < 1.29 is 14.3 Å². The maximum Gasteiger partial charge on any atom is 0.409 e. The van der Waals surface area contributed by atoms with Gasteiger partial charge in [-0.1, -0.05) is 13.8 Å². The molecule has 5 nitrogen and oxygen atoms in total. The SMILES string of the molecule is CCOC(=O)N1CCC(NC2CCOC(C(C)C)C2)CC1. The zero-order valence-corrected chi connectivity index (χ0v) is 13.6. The average molecular weight is 298 g/mol. The van der Waals surface area contributed by atoms with Crippen molar-refractivity contribution in [3.63, 3.8) is 0 Å². The number of piperidine rings is 1. The molecule has 122 valence electrons. The van der Waals surface area contributed by atoms with Crippen molar-refractivity contribution in [3.05, 3.63) is 0 Å². The first-order valence-electron chi connectivity index (χ1n) is 8.39. The zero-order valence-electron chi connectivity index (χ0n) is 13.6. The maximum atomic E-state index is 11.7. The summed E-state index contributed by atoms with van der Waals surface area (Å²) in [5, 5.41) is 3.78. The van der Waals surface area contributed by atoms with E-state index in [4.69, 9.17) is 9.47 Å². The Kier molecular flexibility index (Phi) is 6.30. The lowest BCUT2D eigenvalue weighted by molar-refractivity contribution is -0.0269. The summed E-state index contributed by atoms with van der Waals surface area (Å²) in [6.07, 6.45) is 4.46. The van der Waals surface area contributed by atoms with Crippen LogP contribution in [0, 0.1) is 5.92 Å². The molecule has 21 heavy (non-hydrogen) atoms. The Balaban J connectivity index is 1.72. The second-order valence-corrected chi connectivity index (χ2v) is 6.50. The number of carbonyl (C=O) groups excluding carboxylic acids is 1. The molecule has 5 heteroatoms. The monoisotopic (exact) mass is 298 g/mol. The van der Waals surface area contributed by atoms with Gasteiger partial charge in [-0.25, -0.2) is 4.79 Å². The van der Waals surface area contributed by atoms with E-state index in [0.29, 0.717) is 30.7 Å². The van der Waals surface area contributed by atoms with Gasteiger partial charge >= 0.3 is 6.09 Å². The van der Waals surface area contributed by atoms with E-state index in [1.54, 1.807) is 0 Å². The minimum Gasteiger partial charge on any atom is -0.450 e. The van der Waals surface area contributed by atoms with Crippen molar-refractivity contribution in [2.75, 3.05) is 26.3 Å². The molecule has 2 atom stereocenters. The van der Waals surface area contributed by atoms with Gasteiger partial charge < -0.3 is 19.7 Å². The van der Waals surface area contributed by atoms with Crippen LogP contribution in [-0.2, 0) is 9.47 Å². The number of nitrogens with zero attached hydrogens (tertiary/aromatic N) is 1. The summed E-state index contributed by atoms with van der Waals surface area (Å²) in [6.45, 7) is 9.22. The minimum atomic E-state index is -0.165. The van der Waals surface area contributed by atoms with Gasteiger partial charge in [-0.3, -0.25) is 0 Å². The Labute approximate surface area is 128 Å². The topological polar surface area (TPSA) is 50.8 Å². The molecule has 2 fully saturated rings. The van der Waals surface area contributed by atoms with Crippen LogP contribution < -0.4 is 5.32 Å². The fourth-order valence-electron chi connectivity index (χ4n) is 3.22. The summed E-state index contributed by atoms with van der Waals surface area (Å²) >= 11 is 0. The van der Waals surface area contributed by atoms with Gasteiger partial charge in [0, 0.05) is 31.8 Å². The standard InChI is InChI=1S/C16H30N2O3/c1-4-20-16(19)18-8-5-13(6-9-18)17-14-7-10-21-15(11-14)12(2)3/h12-15,17H,4-11H2,1-3H3. The molecule has 2 aliphatic rings. The Bertz CT molecular complexity index is 327. The molecule has 0 bridgehead atoms. The molecule has 1 amide bonds. The van der Waals surface area contributed by atoms with E-state index in [1.807, 2.05) is 11.8 Å². The summed E-state index contributed by atoms with van der Waals surface area (Å²) in [7, 11) is 0. The van der Waals surface area contributed by atoms with Crippen molar-refractivity contribution in [2.24, 2.45) is 5.92 Å². The van der Waals surface area contributed by atoms with Gasteiger partial charge in [0.1, 0.15) is 0 Å². The second kappa shape index (κ2) is 7.99. The Morgan fingerprint density at radius 3 is 2.62 bits per heavy atom. The second-order valence-electron chi connectivity index (χ2n) is 6.50. The third-order valence-corrected chi connectivity index (χ3v) is 4.55. The van der Waals surface area contributed by atoms with E-state index in [9.17, 15) is 4.79 Å². The van der Waals surface area contributed by atoms with Crippen LogP contribution in [-0.4, -0.2) is 55.5 Å². The quantitative estimate of drug-likeness (QED) is 0.866. The molecule has 0 spiro atoms. The highest BCUT2D eigenvalue weighted by atomic mass is 16.6. The Morgan fingerprint density at radius 1 is 1.29 bits per heavy atom. The first-order chi connectivity index (χ1) is 10.1. The zero-order chi connectivity index (χ0) is 15.2. The number of amides is 1. The Hall–Kier alpha value is -0.810. The van der Waals surface area contributed by atoms with E-state index in [0.717, 1.165) is 45.4 Å². The lowest BCUT2D eigenvalue weighted by Gasteiger charge is -2.37. The molecule has 0 saturated carbocycles. The maximum absolute atomic E-state index is 11.7. The van der Waals surface area contributed by atoms with Crippen LogP contribution >= 0.6 is 0 Å². The summed E-state index contributed by atoms with van der Waals surface area (Å²) in [5.41, 5.74) is 0. The van der Waals surface area contributed by atoms with Crippen LogP contribution in [0.1, 0.15) is 46.5 Å². The molecular formula is C16H30N2O3. The number of nitrogens with one attached hydrogen (secondary N) is 1. The van der Waals surface area contributed by atoms with Crippen LogP contribution in [0.2, 0.25) is 0 Å². The van der Waals surface area contributed by atoms with Gasteiger partial charge in [0.15, 0.2) is 0 Å². The largest absolute Gasteiger partial charge is 0.450 e. The molecule has 0 aromatic heterocycles. The molecule has 0 aromatic carbocycles. The van der Waals surface area contributed by atoms with Crippen molar-refractivity contribution in [1.82, 2.24) is 10.2 Å². The highest BCUT2D eigenvalue weighted by molar-refractivity contribution is 5.67. The van der Waals surface area contributed by atoms with Gasteiger partial charge in [-0.15, -0.1) is 0 Å². The van der Waals surface area contributed by atoms with Crippen molar-refractivity contribution in [1.29, 1.82) is 0 Å². The van der Waals surface area contributed by atoms with Crippen LogP contribution in [0.4, 0.5) is 4.79 Å². The molecule has 2 rings (SSSR count). The van der Waals surface area contributed by atoms with Gasteiger partial charge in [0.25, 0.3) is 0 Å².